The van der Waals surface area contributed by atoms with E-state index in [9.17, 15) is 18.8 Å². The van der Waals surface area contributed by atoms with E-state index in [2.05, 4.69) is 21.2 Å². The third-order valence-electron chi connectivity index (χ3n) is 5.07. The Kier molecular flexibility index (Phi) is 6.37. The first-order chi connectivity index (χ1) is 15.8. The number of carbonyl (C=O) groups is 3. The minimum atomic E-state index is -0.797. The van der Waals surface area contributed by atoms with Gasteiger partial charge in [-0.25, -0.2) is 14.1 Å². The van der Waals surface area contributed by atoms with E-state index in [0.717, 1.165) is 4.90 Å². The third-order valence-corrected chi connectivity index (χ3v) is 5.69. The maximum atomic E-state index is 13.8. The van der Waals surface area contributed by atoms with Crippen LogP contribution in [0.1, 0.15) is 16.7 Å². The second-order valence-electron chi connectivity index (χ2n) is 7.31. The smallest absolute Gasteiger partial charge is 0.335 e. The van der Waals surface area contributed by atoms with Crippen LogP contribution in [0.3, 0.4) is 0 Å². The number of para-hydroxylation sites is 1. The first kappa shape index (κ1) is 22.4. The topological polar surface area (TPSA) is 75.7 Å². The summed E-state index contributed by atoms with van der Waals surface area (Å²) in [7, 11) is 0. The average Bonchev–Trinajstić information content (AvgIpc) is 2.78. The number of hydrogen-bond donors (Lipinski definition) is 1. The summed E-state index contributed by atoms with van der Waals surface area (Å²) in [5, 5.41) is 2.21. The molecule has 1 aliphatic rings. The van der Waals surface area contributed by atoms with Crippen molar-refractivity contribution in [1.29, 1.82) is 0 Å². The largest absolute Gasteiger partial charge is 0.488 e. The van der Waals surface area contributed by atoms with Crippen LogP contribution in [-0.2, 0) is 16.2 Å². The monoisotopic (exact) mass is 508 g/mol. The van der Waals surface area contributed by atoms with Crippen molar-refractivity contribution in [1.82, 2.24) is 5.32 Å². The molecule has 1 aliphatic heterocycles. The van der Waals surface area contributed by atoms with Gasteiger partial charge in [0, 0.05) is 5.56 Å². The fourth-order valence-electron chi connectivity index (χ4n) is 3.35. The fourth-order valence-corrected chi connectivity index (χ4v) is 3.86. The molecule has 0 aliphatic carbocycles. The van der Waals surface area contributed by atoms with E-state index in [4.69, 9.17) is 4.74 Å². The van der Waals surface area contributed by atoms with Crippen molar-refractivity contribution in [3.05, 3.63) is 99.3 Å². The maximum absolute atomic E-state index is 13.8. The normalized spacial score (nSPS) is 15.1. The van der Waals surface area contributed by atoms with Crippen LogP contribution in [0.15, 0.2) is 76.8 Å². The van der Waals surface area contributed by atoms with Crippen LogP contribution in [-0.4, -0.2) is 17.8 Å². The van der Waals surface area contributed by atoms with Crippen LogP contribution in [0.4, 0.5) is 14.9 Å². The molecule has 4 amide bonds. The number of halogens is 2. The van der Waals surface area contributed by atoms with Crippen LogP contribution in [0.25, 0.3) is 6.08 Å². The van der Waals surface area contributed by atoms with Gasteiger partial charge in [-0.3, -0.25) is 14.9 Å². The lowest BCUT2D eigenvalue weighted by Crippen LogP contribution is -2.54. The number of benzene rings is 3. The van der Waals surface area contributed by atoms with Gasteiger partial charge in [0.1, 0.15) is 23.7 Å². The number of imide groups is 2. The molecule has 1 saturated heterocycles. The summed E-state index contributed by atoms with van der Waals surface area (Å²) in [6.45, 7) is 1.81. The molecule has 0 aromatic heterocycles. The molecule has 0 saturated carbocycles. The van der Waals surface area contributed by atoms with Crippen molar-refractivity contribution in [2.75, 3.05) is 4.90 Å². The van der Waals surface area contributed by atoms with Crippen LogP contribution >= 0.6 is 15.9 Å². The zero-order valence-corrected chi connectivity index (χ0v) is 19.1. The van der Waals surface area contributed by atoms with Gasteiger partial charge in [0.05, 0.1) is 10.2 Å². The Morgan fingerprint density at radius 2 is 1.76 bits per heavy atom. The molecule has 8 heteroatoms. The minimum Gasteiger partial charge on any atom is -0.488 e. The number of barbiturate groups is 1. The molecular formula is C25H18BrFN2O4. The number of nitrogens with zero attached hydrogens (tertiary/aromatic N) is 1. The molecule has 0 bridgehead atoms. The van der Waals surface area contributed by atoms with Crippen molar-refractivity contribution >= 4 is 45.5 Å². The Morgan fingerprint density at radius 3 is 2.48 bits per heavy atom. The van der Waals surface area contributed by atoms with E-state index in [1.807, 2.05) is 0 Å². The van der Waals surface area contributed by atoms with Gasteiger partial charge in [-0.05, 0) is 64.3 Å². The molecule has 3 aromatic rings. The van der Waals surface area contributed by atoms with Crippen LogP contribution < -0.4 is 15.0 Å². The third kappa shape index (κ3) is 4.70. The number of nitrogens with one attached hydrogen (secondary N) is 1. The fraction of sp³-hybridized carbons (Fsp3) is 0.0800. The SMILES string of the molecule is Cc1ccccc1N1C(=O)NC(=O)/C(=C\c2ccc(OCc3ccccc3F)c(Br)c2)C1=O. The lowest BCUT2D eigenvalue weighted by atomic mass is 10.1. The standard InChI is InChI=1S/C25H18BrFN2O4/c1-15-6-2-5-9-21(15)29-24(31)18(23(30)28-25(29)32)12-16-10-11-22(19(26)13-16)33-14-17-7-3-4-8-20(17)27/h2-13H,14H2,1H3,(H,28,30,32)/b18-12+. The molecule has 0 spiro atoms. The summed E-state index contributed by atoms with van der Waals surface area (Å²) in [6, 6.07) is 17.4. The highest BCUT2D eigenvalue weighted by atomic mass is 79.9. The zero-order valence-electron chi connectivity index (χ0n) is 17.5. The summed E-state index contributed by atoms with van der Waals surface area (Å²) < 4.78 is 20.0. The maximum Gasteiger partial charge on any atom is 0.335 e. The Balaban J connectivity index is 1.58. The number of anilines is 1. The first-order valence-electron chi connectivity index (χ1n) is 9.98. The van der Waals surface area contributed by atoms with Crippen LogP contribution in [0.2, 0.25) is 0 Å². The van der Waals surface area contributed by atoms with Crippen molar-refractivity contribution in [2.45, 2.75) is 13.5 Å². The molecule has 1 heterocycles. The molecule has 3 aromatic carbocycles. The number of urea groups is 1. The molecule has 4 rings (SSSR count). The molecule has 1 N–H and O–H groups in total. The summed E-state index contributed by atoms with van der Waals surface area (Å²) in [5.74, 6) is -1.37. The molecule has 33 heavy (non-hydrogen) atoms. The van der Waals surface area contributed by atoms with Crippen molar-refractivity contribution < 1.29 is 23.5 Å². The number of ether oxygens (including phenoxy) is 1. The highest BCUT2D eigenvalue weighted by Gasteiger charge is 2.37. The van der Waals surface area contributed by atoms with Crippen molar-refractivity contribution in [2.24, 2.45) is 0 Å². The van der Waals surface area contributed by atoms with Crippen LogP contribution in [0, 0.1) is 12.7 Å². The van der Waals surface area contributed by atoms with Gasteiger partial charge < -0.3 is 4.74 Å². The molecule has 0 atom stereocenters. The van der Waals surface area contributed by atoms with E-state index in [-0.39, 0.29) is 18.0 Å². The molecular weight excluding hydrogens is 491 g/mol. The van der Waals surface area contributed by atoms with Gasteiger partial charge in [-0.2, -0.15) is 0 Å². The number of aryl methyl sites for hydroxylation is 1. The van der Waals surface area contributed by atoms with E-state index < -0.39 is 17.8 Å². The number of hydrogen-bond acceptors (Lipinski definition) is 4. The Labute approximate surface area is 197 Å². The van der Waals surface area contributed by atoms with Crippen LogP contribution in [0.5, 0.6) is 5.75 Å². The molecule has 0 radical (unpaired) electrons. The van der Waals surface area contributed by atoms with Gasteiger partial charge in [0.15, 0.2) is 0 Å². The predicted molar refractivity (Wildman–Crippen MR) is 125 cm³/mol. The summed E-state index contributed by atoms with van der Waals surface area (Å²) in [5.41, 5.74) is 1.90. The van der Waals surface area contributed by atoms with Crippen molar-refractivity contribution in [3.63, 3.8) is 0 Å². The molecule has 166 valence electrons. The number of carbonyl (C=O) groups excluding carboxylic acids is 3. The lowest BCUT2D eigenvalue weighted by molar-refractivity contribution is -0.122. The van der Waals surface area contributed by atoms with Gasteiger partial charge in [0.2, 0.25) is 0 Å². The molecule has 6 nitrogen and oxygen atoms in total. The summed E-state index contributed by atoms with van der Waals surface area (Å²) in [6.07, 6.45) is 1.40. The highest BCUT2D eigenvalue weighted by molar-refractivity contribution is 9.10. The summed E-state index contributed by atoms with van der Waals surface area (Å²) in [4.78, 5) is 38.8. The molecule has 1 fully saturated rings. The Bertz CT molecular complexity index is 1310. The van der Waals surface area contributed by atoms with Gasteiger partial charge in [-0.15, -0.1) is 0 Å². The average molecular weight is 509 g/mol. The lowest BCUT2D eigenvalue weighted by Gasteiger charge is -2.27. The van der Waals surface area contributed by atoms with E-state index >= 15 is 0 Å². The van der Waals surface area contributed by atoms with E-state index in [1.54, 1.807) is 67.6 Å². The van der Waals surface area contributed by atoms with E-state index in [1.165, 1.54) is 12.1 Å². The van der Waals surface area contributed by atoms with Gasteiger partial charge in [-0.1, -0.05) is 42.5 Å². The Morgan fingerprint density at radius 1 is 1.03 bits per heavy atom. The predicted octanol–water partition coefficient (Wildman–Crippen LogP) is 5.14. The van der Waals surface area contributed by atoms with Crippen molar-refractivity contribution in [3.8, 4) is 5.75 Å². The zero-order chi connectivity index (χ0) is 23.5. The van der Waals surface area contributed by atoms with Gasteiger partial charge >= 0.3 is 6.03 Å². The minimum absolute atomic E-state index is 0.0418. The highest BCUT2D eigenvalue weighted by Crippen LogP contribution is 2.29. The van der Waals surface area contributed by atoms with E-state index in [0.29, 0.717) is 32.6 Å². The number of rotatable bonds is 5. The second-order valence-corrected chi connectivity index (χ2v) is 8.17. The quantitative estimate of drug-likeness (QED) is 0.382. The molecule has 0 unspecified atom stereocenters. The first-order valence-corrected chi connectivity index (χ1v) is 10.8. The van der Waals surface area contributed by atoms with Gasteiger partial charge in [0.25, 0.3) is 11.8 Å². The second kappa shape index (κ2) is 9.38. The number of amides is 4. The summed E-state index contributed by atoms with van der Waals surface area (Å²) >= 11 is 3.40. The Hall–Kier alpha value is -3.78.